The van der Waals surface area contributed by atoms with E-state index in [0.717, 1.165) is 43.5 Å². The van der Waals surface area contributed by atoms with Gasteiger partial charge in [0.15, 0.2) is 0 Å². The van der Waals surface area contributed by atoms with Crippen LogP contribution in [0.15, 0.2) is 42.7 Å². The summed E-state index contributed by atoms with van der Waals surface area (Å²) in [7, 11) is 0. The minimum absolute atomic E-state index is 0.0766. The van der Waals surface area contributed by atoms with Gasteiger partial charge in [-0.15, -0.1) is 0 Å². The van der Waals surface area contributed by atoms with E-state index in [0.29, 0.717) is 19.0 Å². The summed E-state index contributed by atoms with van der Waals surface area (Å²) in [6.45, 7) is 1.27. The second-order valence-corrected chi connectivity index (χ2v) is 8.33. The van der Waals surface area contributed by atoms with E-state index in [9.17, 15) is 9.59 Å². The zero-order valence-electron chi connectivity index (χ0n) is 16.9. The summed E-state index contributed by atoms with van der Waals surface area (Å²) in [4.78, 5) is 27.4. The second-order valence-electron chi connectivity index (χ2n) is 8.33. The van der Waals surface area contributed by atoms with Crippen molar-refractivity contribution in [3.63, 3.8) is 0 Å². The summed E-state index contributed by atoms with van der Waals surface area (Å²) in [6.07, 6.45) is 11.6. The Morgan fingerprint density at radius 2 is 1.83 bits per heavy atom. The lowest BCUT2D eigenvalue weighted by Crippen LogP contribution is -2.48. The molecule has 1 aromatic carbocycles. The van der Waals surface area contributed by atoms with Gasteiger partial charge < -0.3 is 10.2 Å². The van der Waals surface area contributed by atoms with Crippen LogP contribution in [0.4, 0.5) is 0 Å². The Bertz CT molecular complexity index is 826. The number of carbonyl (C=O) groups excluding carboxylic acids is 2. The SMILES string of the molecule is O=C(NC1CCCCC1)[C@@H]1CCCN(C(=O)Cc2cnn(-c3ccccc3)c2)C1. The van der Waals surface area contributed by atoms with Crippen LogP contribution < -0.4 is 5.32 Å². The Kier molecular flexibility index (Phi) is 6.27. The first kappa shape index (κ1) is 19.7. The second kappa shape index (κ2) is 9.25. The van der Waals surface area contributed by atoms with Gasteiger partial charge in [-0.3, -0.25) is 9.59 Å². The van der Waals surface area contributed by atoms with E-state index in [1.807, 2.05) is 41.4 Å². The van der Waals surface area contributed by atoms with Gasteiger partial charge in [0.05, 0.1) is 24.2 Å². The molecule has 29 heavy (non-hydrogen) atoms. The molecule has 1 N–H and O–H groups in total. The first-order valence-corrected chi connectivity index (χ1v) is 10.9. The predicted octanol–water partition coefficient (Wildman–Crippen LogP) is 3.10. The van der Waals surface area contributed by atoms with E-state index >= 15 is 0 Å². The molecule has 2 amide bonds. The fourth-order valence-electron chi connectivity index (χ4n) is 4.44. The highest BCUT2D eigenvalue weighted by Gasteiger charge is 2.29. The highest BCUT2D eigenvalue weighted by Crippen LogP contribution is 2.21. The van der Waals surface area contributed by atoms with Crippen LogP contribution in [-0.2, 0) is 16.0 Å². The molecule has 0 spiro atoms. The summed E-state index contributed by atoms with van der Waals surface area (Å²) in [5, 5.41) is 7.60. The van der Waals surface area contributed by atoms with Gasteiger partial charge in [0.2, 0.25) is 11.8 Å². The standard InChI is InChI=1S/C23H30N4O2/c28-22(14-18-15-24-27(16-18)21-11-5-2-6-12-21)26-13-7-8-19(17-26)23(29)25-20-9-3-1-4-10-20/h2,5-6,11-12,15-16,19-20H,1,3-4,7-10,13-14,17H2,(H,25,29)/t19-/m1/s1. The average molecular weight is 395 g/mol. The van der Waals surface area contributed by atoms with Gasteiger partial charge in [0, 0.05) is 25.3 Å². The molecule has 6 heteroatoms. The molecule has 0 bridgehead atoms. The summed E-state index contributed by atoms with van der Waals surface area (Å²) in [6, 6.07) is 10.2. The van der Waals surface area contributed by atoms with Crippen LogP contribution in [0.1, 0.15) is 50.5 Å². The van der Waals surface area contributed by atoms with Crippen LogP contribution in [0.3, 0.4) is 0 Å². The number of likely N-dealkylation sites (tertiary alicyclic amines) is 1. The summed E-state index contributed by atoms with van der Waals surface area (Å²) in [5.41, 5.74) is 1.87. The van der Waals surface area contributed by atoms with Gasteiger partial charge in [-0.25, -0.2) is 4.68 Å². The van der Waals surface area contributed by atoms with Crippen molar-refractivity contribution in [1.82, 2.24) is 20.0 Å². The zero-order chi connectivity index (χ0) is 20.1. The monoisotopic (exact) mass is 394 g/mol. The number of carbonyl (C=O) groups is 2. The highest BCUT2D eigenvalue weighted by molar-refractivity contribution is 5.82. The van der Waals surface area contributed by atoms with Crippen molar-refractivity contribution in [2.24, 2.45) is 5.92 Å². The summed E-state index contributed by atoms with van der Waals surface area (Å²) < 4.78 is 1.79. The number of amides is 2. The Balaban J connectivity index is 1.31. The molecule has 6 nitrogen and oxygen atoms in total. The van der Waals surface area contributed by atoms with Crippen LogP contribution in [0.5, 0.6) is 0 Å². The molecule has 1 aliphatic carbocycles. The van der Waals surface area contributed by atoms with Crippen molar-refractivity contribution in [1.29, 1.82) is 0 Å². The van der Waals surface area contributed by atoms with E-state index < -0.39 is 0 Å². The average Bonchev–Trinajstić information content (AvgIpc) is 3.23. The van der Waals surface area contributed by atoms with E-state index in [2.05, 4.69) is 10.4 Å². The number of aromatic nitrogens is 2. The Morgan fingerprint density at radius 1 is 1.03 bits per heavy atom. The fraction of sp³-hybridized carbons (Fsp3) is 0.522. The first-order valence-electron chi connectivity index (χ1n) is 10.9. The fourth-order valence-corrected chi connectivity index (χ4v) is 4.44. The molecule has 0 radical (unpaired) electrons. The Morgan fingerprint density at radius 3 is 2.62 bits per heavy atom. The number of rotatable bonds is 5. The van der Waals surface area contributed by atoms with Crippen LogP contribution >= 0.6 is 0 Å². The molecule has 4 rings (SSSR count). The molecule has 0 unspecified atom stereocenters. The van der Waals surface area contributed by atoms with Gasteiger partial charge in [-0.2, -0.15) is 5.10 Å². The summed E-state index contributed by atoms with van der Waals surface area (Å²) >= 11 is 0. The lowest BCUT2D eigenvalue weighted by molar-refractivity contribution is -0.135. The Labute approximate surface area is 172 Å². The molecule has 1 aliphatic heterocycles. The third-order valence-electron chi connectivity index (χ3n) is 6.11. The first-order chi connectivity index (χ1) is 14.2. The van der Waals surface area contributed by atoms with Gasteiger partial charge in [-0.1, -0.05) is 37.5 Å². The topological polar surface area (TPSA) is 67.2 Å². The number of para-hydroxylation sites is 1. The van der Waals surface area contributed by atoms with Crippen LogP contribution in [0.2, 0.25) is 0 Å². The van der Waals surface area contributed by atoms with Gasteiger partial charge in [0.1, 0.15) is 0 Å². The zero-order valence-corrected chi connectivity index (χ0v) is 16.9. The van der Waals surface area contributed by atoms with Crippen LogP contribution in [-0.4, -0.2) is 45.6 Å². The maximum absolute atomic E-state index is 12.8. The van der Waals surface area contributed by atoms with E-state index in [4.69, 9.17) is 0 Å². The highest BCUT2D eigenvalue weighted by atomic mass is 16.2. The van der Waals surface area contributed by atoms with Gasteiger partial charge >= 0.3 is 0 Å². The van der Waals surface area contributed by atoms with Gasteiger partial charge in [-0.05, 0) is 43.4 Å². The lowest BCUT2D eigenvalue weighted by atomic mass is 9.93. The van der Waals surface area contributed by atoms with Crippen LogP contribution in [0.25, 0.3) is 5.69 Å². The molecular formula is C23H30N4O2. The lowest BCUT2D eigenvalue weighted by Gasteiger charge is -2.33. The van der Waals surface area contributed by atoms with Crippen molar-refractivity contribution >= 4 is 11.8 Å². The third kappa shape index (κ3) is 5.05. The normalized spacial score (nSPS) is 20.4. The third-order valence-corrected chi connectivity index (χ3v) is 6.11. The minimum Gasteiger partial charge on any atom is -0.353 e. The molecule has 1 aromatic heterocycles. The van der Waals surface area contributed by atoms with Crippen molar-refractivity contribution in [2.45, 2.75) is 57.4 Å². The van der Waals surface area contributed by atoms with Crippen molar-refractivity contribution in [2.75, 3.05) is 13.1 Å². The maximum atomic E-state index is 12.8. The number of nitrogens with one attached hydrogen (secondary N) is 1. The predicted molar refractivity (Wildman–Crippen MR) is 112 cm³/mol. The maximum Gasteiger partial charge on any atom is 0.227 e. The molecule has 1 saturated carbocycles. The van der Waals surface area contributed by atoms with E-state index in [1.54, 1.807) is 10.9 Å². The van der Waals surface area contributed by atoms with Crippen LogP contribution in [0, 0.1) is 5.92 Å². The number of hydrogen-bond donors (Lipinski definition) is 1. The Hall–Kier alpha value is -2.63. The molecule has 2 fully saturated rings. The molecule has 2 aromatic rings. The number of benzene rings is 1. The van der Waals surface area contributed by atoms with E-state index in [1.165, 1.54) is 19.3 Å². The quantitative estimate of drug-likeness (QED) is 0.847. The number of piperidine rings is 1. The molecular weight excluding hydrogens is 364 g/mol. The summed E-state index contributed by atoms with van der Waals surface area (Å²) in [5.74, 6) is 0.126. The minimum atomic E-state index is -0.0818. The van der Waals surface area contributed by atoms with Crippen molar-refractivity contribution in [3.05, 3.63) is 48.3 Å². The van der Waals surface area contributed by atoms with Crippen molar-refractivity contribution in [3.8, 4) is 5.69 Å². The van der Waals surface area contributed by atoms with Crippen molar-refractivity contribution < 1.29 is 9.59 Å². The smallest absolute Gasteiger partial charge is 0.227 e. The number of nitrogens with zero attached hydrogens (tertiary/aromatic N) is 3. The molecule has 1 atom stereocenters. The number of hydrogen-bond acceptors (Lipinski definition) is 3. The molecule has 2 heterocycles. The van der Waals surface area contributed by atoms with E-state index in [-0.39, 0.29) is 17.7 Å². The molecule has 1 saturated heterocycles. The largest absolute Gasteiger partial charge is 0.353 e. The molecule has 154 valence electrons. The van der Waals surface area contributed by atoms with Gasteiger partial charge in [0.25, 0.3) is 0 Å². The molecule has 2 aliphatic rings.